The van der Waals surface area contributed by atoms with Crippen molar-refractivity contribution in [3.05, 3.63) is 29.3 Å². The molecule has 0 aromatic heterocycles. The molecule has 8 nitrogen and oxygen atoms in total. The lowest BCUT2D eigenvalue weighted by Crippen LogP contribution is -2.53. The van der Waals surface area contributed by atoms with E-state index < -0.39 is 27.5 Å². The van der Waals surface area contributed by atoms with E-state index >= 15 is 0 Å². The molecule has 0 radical (unpaired) electrons. The minimum Gasteiger partial charge on any atom is -0.333 e. The van der Waals surface area contributed by atoms with E-state index in [1.807, 2.05) is 20.8 Å². The van der Waals surface area contributed by atoms with Crippen molar-refractivity contribution in [1.82, 2.24) is 19.8 Å². The first-order chi connectivity index (χ1) is 12.5. The maximum absolute atomic E-state index is 12.7. The fourth-order valence-electron chi connectivity index (χ4n) is 2.66. The van der Waals surface area contributed by atoms with Crippen molar-refractivity contribution in [3.63, 3.8) is 0 Å². The molecule has 1 saturated heterocycles. The molecule has 1 heterocycles. The number of imide groups is 1. The van der Waals surface area contributed by atoms with Crippen LogP contribution < -0.4 is 10.6 Å². The van der Waals surface area contributed by atoms with Crippen LogP contribution in [0, 0.1) is 0 Å². The third-order valence-electron chi connectivity index (χ3n) is 3.89. The number of benzene rings is 1. The van der Waals surface area contributed by atoms with Gasteiger partial charge in [-0.3, -0.25) is 15.0 Å². The summed E-state index contributed by atoms with van der Waals surface area (Å²) in [6.07, 6.45) is 0. The van der Waals surface area contributed by atoms with Gasteiger partial charge in [0.1, 0.15) is 4.90 Å². The van der Waals surface area contributed by atoms with E-state index in [4.69, 9.17) is 11.6 Å². The third kappa shape index (κ3) is 6.17. The lowest BCUT2D eigenvalue weighted by molar-refractivity contribution is -0.121. The number of halogens is 1. The first kappa shape index (κ1) is 21.6. The molecule has 2 rings (SSSR count). The molecular formula is C17H25ClN4O4S. The fourth-order valence-corrected chi connectivity index (χ4v) is 4.58. The number of hydrogen-bond acceptors (Lipinski definition) is 5. The SMILES string of the molecule is CC(C)(C)NC(=O)NC(=O)CN1CCN(S(=O)(=O)c2ccccc2Cl)CC1. The second kappa shape index (κ2) is 8.55. The summed E-state index contributed by atoms with van der Waals surface area (Å²) in [5.74, 6) is -0.431. The van der Waals surface area contributed by atoms with Crippen LogP contribution in [-0.2, 0) is 14.8 Å². The standard InChI is InChI=1S/C17H25ClN4O4S/c1-17(2,3)20-16(24)19-15(23)12-21-8-10-22(11-9-21)27(25,26)14-7-5-4-6-13(14)18/h4-7H,8-12H2,1-3H3,(H2,19,20,23,24). The molecule has 1 aliphatic rings. The average Bonchev–Trinajstić information content (AvgIpc) is 2.53. The van der Waals surface area contributed by atoms with Crippen LogP contribution >= 0.6 is 11.6 Å². The Morgan fingerprint density at radius 1 is 1.11 bits per heavy atom. The summed E-state index contributed by atoms with van der Waals surface area (Å²) in [5, 5.41) is 5.11. The van der Waals surface area contributed by atoms with Crippen molar-refractivity contribution in [2.24, 2.45) is 0 Å². The number of nitrogens with zero attached hydrogens (tertiary/aromatic N) is 2. The Morgan fingerprint density at radius 2 is 1.70 bits per heavy atom. The quantitative estimate of drug-likeness (QED) is 0.770. The van der Waals surface area contributed by atoms with E-state index in [0.717, 1.165) is 0 Å². The Kier molecular flexibility index (Phi) is 6.85. The molecule has 0 atom stereocenters. The summed E-state index contributed by atoms with van der Waals surface area (Å²) < 4.78 is 26.8. The number of sulfonamides is 1. The average molecular weight is 417 g/mol. The molecule has 1 aromatic carbocycles. The summed E-state index contributed by atoms with van der Waals surface area (Å²) in [6, 6.07) is 5.77. The van der Waals surface area contributed by atoms with Gasteiger partial charge in [-0.05, 0) is 32.9 Å². The predicted molar refractivity (Wildman–Crippen MR) is 103 cm³/mol. The largest absolute Gasteiger partial charge is 0.333 e. The van der Waals surface area contributed by atoms with Gasteiger partial charge in [-0.2, -0.15) is 4.31 Å². The Hall–Kier alpha value is -1.68. The van der Waals surface area contributed by atoms with Crippen LogP contribution in [-0.4, -0.2) is 67.8 Å². The summed E-state index contributed by atoms with van der Waals surface area (Å²) in [7, 11) is -3.67. The highest BCUT2D eigenvalue weighted by Gasteiger charge is 2.30. The van der Waals surface area contributed by atoms with Gasteiger partial charge >= 0.3 is 6.03 Å². The number of rotatable bonds is 4. The van der Waals surface area contributed by atoms with Crippen LogP contribution in [0.25, 0.3) is 0 Å². The molecule has 150 valence electrons. The van der Waals surface area contributed by atoms with Crippen molar-refractivity contribution >= 4 is 33.6 Å². The number of amides is 3. The molecule has 0 bridgehead atoms. The number of carbonyl (C=O) groups is 2. The normalized spacial score (nSPS) is 16.7. The van der Waals surface area contributed by atoms with Gasteiger partial charge in [0.25, 0.3) is 0 Å². The molecule has 27 heavy (non-hydrogen) atoms. The maximum atomic E-state index is 12.7. The van der Waals surface area contributed by atoms with Crippen molar-refractivity contribution in [1.29, 1.82) is 0 Å². The van der Waals surface area contributed by atoms with E-state index in [-0.39, 0.29) is 29.6 Å². The zero-order valence-electron chi connectivity index (χ0n) is 15.7. The molecule has 0 saturated carbocycles. The second-order valence-corrected chi connectivity index (χ2v) is 9.68. The van der Waals surface area contributed by atoms with Gasteiger partial charge in [0.2, 0.25) is 15.9 Å². The fraction of sp³-hybridized carbons (Fsp3) is 0.529. The molecule has 2 N–H and O–H groups in total. The monoisotopic (exact) mass is 416 g/mol. The summed E-state index contributed by atoms with van der Waals surface area (Å²) in [5.41, 5.74) is -0.441. The molecule has 1 aromatic rings. The van der Waals surface area contributed by atoms with Gasteiger partial charge in [0, 0.05) is 31.7 Å². The molecular weight excluding hydrogens is 392 g/mol. The highest BCUT2D eigenvalue weighted by Crippen LogP contribution is 2.24. The smallest absolute Gasteiger partial charge is 0.321 e. The van der Waals surface area contributed by atoms with Crippen LogP contribution in [0.3, 0.4) is 0 Å². The zero-order valence-corrected chi connectivity index (χ0v) is 17.2. The van der Waals surface area contributed by atoms with Gasteiger partial charge in [0.15, 0.2) is 0 Å². The van der Waals surface area contributed by atoms with Crippen LogP contribution in [0.1, 0.15) is 20.8 Å². The van der Waals surface area contributed by atoms with Crippen molar-refractivity contribution in [2.45, 2.75) is 31.2 Å². The molecule has 0 aliphatic carbocycles. The van der Waals surface area contributed by atoms with Crippen LogP contribution in [0.2, 0.25) is 5.02 Å². The first-order valence-electron chi connectivity index (χ1n) is 8.58. The van der Waals surface area contributed by atoms with Crippen LogP contribution in [0.4, 0.5) is 4.79 Å². The second-order valence-electron chi connectivity index (χ2n) is 7.36. The van der Waals surface area contributed by atoms with Gasteiger partial charge in [-0.15, -0.1) is 0 Å². The Balaban J connectivity index is 1.87. The van der Waals surface area contributed by atoms with E-state index in [0.29, 0.717) is 13.1 Å². The Bertz CT molecular complexity index is 799. The van der Waals surface area contributed by atoms with Crippen molar-refractivity contribution in [2.75, 3.05) is 32.7 Å². The van der Waals surface area contributed by atoms with E-state index in [1.54, 1.807) is 17.0 Å². The topological polar surface area (TPSA) is 98.8 Å². The number of hydrogen-bond donors (Lipinski definition) is 2. The Morgan fingerprint density at radius 3 is 2.26 bits per heavy atom. The molecule has 0 spiro atoms. The maximum Gasteiger partial charge on any atom is 0.321 e. The van der Waals surface area contributed by atoms with Crippen LogP contribution in [0.5, 0.6) is 0 Å². The summed E-state index contributed by atoms with van der Waals surface area (Å²) >= 11 is 6.01. The number of carbonyl (C=O) groups excluding carboxylic acids is 2. The van der Waals surface area contributed by atoms with E-state index in [9.17, 15) is 18.0 Å². The van der Waals surface area contributed by atoms with Gasteiger partial charge in [-0.25, -0.2) is 13.2 Å². The minimum atomic E-state index is -3.67. The van der Waals surface area contributed by atoms with E-state index in [1.165, 1.54) is 16.4 Å². The molecule has 10 heteroatoms. The summed E-state index contributed by atoms with van der Waals surface area (Å²) in [4.78, 5) is 25.6. The van der Waals surface area contributed by atoms with Gasteiger partial charge in [0.05, 0.1) is 11.6 Å². The number of piperazine rings is 1. The summed E-state index contributed by atoms with van der Waals surface area (Å²) in [6.45, 7) is 6.73. The predicted octanol–water partition coefficient (Wildman–Crippen LogP) is 1.27. The van der Waals surface area contributed by atoms with Crippen LogP contribution in [0.15, 0.2) is 29.2 Å². The van der Waals surface area contributed by atoms with Gasteiger partial charge < -0.3 is 5.32 Å². The zero-order chi connectivity index (χ0) is 20.2. The van der Waals surface area contributed by atoms with Crippen molar-refractivity contribution < 1.29 is 18.0 Å². The molecule has 0 unspecified atom stereocenters. The first-order valence-corrected chi connectivity index (χ1v) is 10.4. The number of nitrogens with one attached hydrogen (secondary N) is 2. The third-order valence-corrected chi connectivity index (χ3v) is 6.29. The lowest BCUT2D eigenvalue weighted by Gasteiger charge is -2.33. The molecule has 1 fully saturated rings. The molecule has 3 amide bonds. The Labute approximate surface area is 164 Å². The minimum absolute atomic E-state index is 0.0253. The number of urea groups is 1. The lowest BCUT2D eigenvalue weighted by atomic mass is 10.1. The molecule has 1 aliphatic heterocycles. The van der Waals surface area contributed by atoms with E-state index in [2.05, 4.69) is 10.6 Å². The highest BCUT2D eigenvalue weighted by atomic mass is 35.5. The highest BCUT2D eigenvalue weighted by molar-refractivity contribution is 7.89. The van der Waals surface area contributed by atoms with Crippen molar-refractivity contribution in [3.8, 4) is 0 Å². The van der Waals surface area contributed by atoms with Gasteiger partial charge in [-0.1, -0.05) is 23.7 Å².